The van der Waals surface area contributed by atoms with Crippen LogP contribution in [-0.2, 0) is 11.3 Å². The molecule has 0 aliphatic heterocycles. The van der Waals surface area contributed by atoms with E-state index in [1.165, 1.54) is 5.56 Å². The van der Waals surface area contributed by atoms with Crippen molar-refractivity contribution in [2.45, 2.75) is 26.8 Å². The van der Waals surface area contributed by atoms with Crippen LogP contribution in [0.25, 0.3) is 0 Å². The molecule has 0 unspecified atom stereocenters. The third-order valence-electron chi connectivity index (χ3n) is 2.73. The van der Waals surface area contributed by atoms with Crippen LogP contribution in [0.1, 0.15) is 25.8 Å². The fourth-order valence-corrected chi connectivity index (χ4v) is 1.58. The topological polar surface area (TPSA) is 30.5 Å². The quantitative estimate of drug-likeness (QED) is 0.685. The highest BCUT2D eigenvalue weighted by molar-refractivity contribution is 5.28. The molecule has 1 aromatic carbocycles. The molecule has 0 aromatic heterocycles. The van der Waals surface area contributed by atoms with Crippen molar-refractivity contribution < 1.29 is 9.47 Å². The van der Waals surface area contributed by atoms with Gasteiger partial charge in [-0.25, -0.2) is 0 Å². The normalized spacial score (nSPS) is 10.9. The number of methoxy groups -OCH3 is 1. The summed E-state index contributed by atoms with van der Waals surface area (Å²) in [7, 11) is 1.69. The first-order chi connectivity index (χ1) is 8.72. The van der Waals surface area contributed by atoms with Crippen molar-refractivity contribution >= 4 is 0 Å². The molecule has 0 saturated heterocycles. The highest BCUT2D eigenvalue weighted by atomic mass is 16.5. The van der Waals surface area contributed by atoms with Crippen molar-refractivity contribution in [3.8, 4) is 5.75 Å². The van der Waals surface area contributed by atoms with Gasteiger partial charge >= 0.3 is 0 Å². The summed E-state index contributed by atoms with van der Waals surface area (Å²) < 4.78 is 10.7. The van der Waals surface area contributed by atoms with Crippen LogP contribution in [0.2, 0.25) is 0 Å². The first-order valence-corrected chi connectivity index (χ1v) is 6.63. The van der Waals surface area contributed by atoms with E-state index >= 15 is 0 Å². The Morgan fingerprint density at radius 3 is 2.78 bits per heavy atom. The van der Waals surface area contributed by atoms with Gasteiger partial charge < -0.3 is 14.8 Å². The van der Waals surface area contributed by atoms with Crippen LogP contribution in [0.4, 0.5) is 0 Å². The van der Waals surface area contributed by atoms with Crippen molar-refractivity contribution in [3.05, 3.63) is 29.8 Å². The number of hydrogen-bond donors (Lipinski definition) is 1. The monoisotopic (exact) mass is 251 g/mol. The Morgan fingerprint density at radius 2 is 2.06 bits per heavy atom. The Hall–Kier alpha value is -1.06. The van der Waals surface area contributed by atoms with Crippen LogP contribution in [0.15, 0.2) is 24.3 Å². The van der Waals surface area contributed by atoms with Gasteiger partial charge in [-0.05, 0) is 30.0 Å². The van der Waals surface area contributed by atoms with E-state index in [1.54, 1.807) is 7.11 Å². The lowest BCUT2D eigenvalue weighted by atomic mass is 10.1. The average Bonchev–Trinajstić information content (AvgIpc) is 2.37. The minimum absolute atomic E-state index is 0.717. The van der Waals surface area contributed by atoms with Crippen molar-refractivity contribution in [1.82, 2.24) is 5.32 Å². The van der Waals surface area contributed by atoms with Gasteiger partial charge in [0.05, 0.1) is 13.7 Å². The molecule has 0 fully saturated rings. The van der Waals surface area contributed by atoms with Crippen molar-refractivity contribution in [2.24, 2.45) is 5.92 Å². The van der Waals surface area contributed by atoms with Gasteiger partial charge in [-0.1, -0.05) is 26.0 Å². The van der Waals surface area contributed by atoms with Crippen molar-refractivity contribution in [1.29, 1.82) is 0 Å². The third-order valence-corrected chi connectivity index (χ3v) is 2.73. The number of rotatable bonds is 9. The molecule has 0 heterocycles. The first kappa shape index (κ1) is 15.0. The number of nitrogens with one attached hydrogen (secondary N) is 1. The van der Waals surface area contributed by atoms with Crippen LogP contribution in [0, 0.1) is 5.92 Å². The second kappa shape index (κ2) is 8.95. The van der Waals surface area contributed by atoms with Gasteiger partial charge in [0.25, 0.3) is 0 Å². The van der Waals surface area contributed by atoms with E-state index in [2.05, 4.69) is 25.2 Å². The second-order valence-electron chi connectivity index (χ2n) is 4.82. The molecule has 0 saturated carbocycles. The fraction of sp³-hybridized carbons (Fsp3) is 0.600. The van der Waals surface area contributed by atoms with Gasteiger partial charge in [0, 0.05) is 19.7 Å². The van der Waals surface area contributed by atoms with E-state index < -0.39 is 0 Å². The molecule has 1 N–H and O–H groups in total. The molecule has 0 bridgehead atoms. The zero-order chi connectivity index (χ0) is 13.2. The molecular weight excluding hydrogens is 226 g/mol. The maximum Gasteiger partial charge on any atom is 0.119 e. The molecule has 0 radical (unpaired) electrons. The number of ether oxygens (including phenoxy) is 2. The van der Waals surface area contributed by atoms with Crippen molar-refractivity contribution in [2.75, 3.05) is 26.9 Å². The van der Waals surface area contributed by atoms with E-state index in [1.807, 2.05) is 18.2 Å². The van der Waals surface area contributed by atoms with Gasteiger partial charge in [0.15, 0.2) is 0 Å². The molecule has 3 heteroatoms. The number of benzene rings is 1. The summed E-state index contributed by atoms with van der Waals surface area (Å²) in [5, 5.41) is 3.36. The van der Waals surface area contributed by atoms with Gasteiger partial charge in [-0.2, -0.15) is 0 Å². The molecule has 0 aliphatic carbocycles. The number of hydrogen-bond acceptors (Lipinski definition) is 3. The summed E-state index contributed by atoms with van der Waals surface area (Å²) in [6, 6.07) is 8.11. The molecule has 1 rings (SSSR count). The smallest absolute Gasteiger partial charge is 0.119 e. The van der Waals surface area contributed by atoms with Gasteiger partial charge in [0.2, 0.25) is 0 Å². The average molecular weight is 251 g/mol. The Kier molecular flexibility index (Phi) is 7.46. The minimum Gasteiger partial charge on any atom is -0.497 e. The lowest BCUT2D eigenvalue weighted by Gasteiger charge is -2.08. The Morgan fingerprint density at radius 1 is 1.22 bits per heavy atom. The summed E-state index contributed by atoms with van der Waals surface area (Å²) in [6.07, 6.45) is 1.13. The largest absolute Gasteiger partial charge is 0.497 e. The molecule has 0 amide bonds. The maximum absolute atomic E-state index is 5.54. The lowest BCUT2D eigenvalue weighted by molar-refractivity contribution is 0.125. The third kappa shape index (κ3) is 6.62. The minimum atomic E-state index is 0.717. The molecule has 18 heavy (non-hydrogen) atoms. The Labute approximate surface area is 110 Å². The van der Waals surface area contributed by atoms with Gasteiger partial charge in [-0.15, -0.1) is 0 Å². The molecule has 0 aliphatic rings. The zero-order valence-electron chi connectivity index (χ0n) is 11.7. The summed E-state index contributed by atoms with van der Waals surface area (Å²) in [5.41, 5.74) is 1.23. The van der Waals surface area contributed by atoms with Gasteiger partial charge in [-0.3, -0.25) is 0 Å². The predicted octanol–water partition coefficient (Wildman–Crippen LogP) is 2.85. The van der Waals surface area contributed by atoms with Crippen LogP contribution >= 0.6 is 0 Å². The summed E-state index contributed by atoms with van der Waals surface area (Å²) in [6.45, 7) is 7.80. The van der Waals surface area contributed by atoms with E-state index in [0.29, 0.717) is 0 Å². The zero-order valence-corrected chi connectivity index (χ0v) is 11.7. The predicted molar refractivity (Wildman–Crippen MR) is 75.0 cm³/mol. The SMILES string of the molecule is COc1cccc(CNCCOCCC(C)C)c1. The van der Waals surface area contributed by atoms with E-state index in [0.717, 1.165) is 44.4 Å². The highest BCUT2D eigenvalue weighted by Gasteiger charge is 1.96. The summed E-state index contributed by atoms with van der Waals surface area (Å²) >= 11 is 0. The fourth-order valence-electron chi connectivity index (χ4n) is 1.58. The molecule has 3 nitrogen and oxygen atoms in total. The lowest BCUT2D eigenvalue weighted by Crippen LogP contribution is -2.19. The molecule has 0 atom stereocenters. The molecule has 0 spiro atoms. The highest BCUT2D eigenvalue weighted by Crippen LogP contribution is 2.11. The second-order valence-corrected chi connectivity index (χ2v) is 4.82. The van der Waals surface area contributed by atoms with Crippen LogP contribution < -0.4 is 10.1 Å². The summed E-state index contributed by atoms with van der Waals surface area (Å²) in [4.78, 5) is 0. The molecule has 102 valence electrons. The molecule has 1 aromatic rings. The van der Waals surface area contributed by atoms with E-state index in [-0.39, 0.29) is 0 Å². The van der Waals surface area contributed by atoms with E-state index in [4.69, 9.17) is 9.47 Å². The Balaban J connectivity index is 2.06. The van der Waals surface area contributed by atoms with E-state index in [9.17, 15) is 0 Å². The standard InChI is InChI=1S/C15H25NO2/c1-13(2)7-9-18-10-8-16-12-14-5-4-6-15(11-14)17-3/h4-6,11,13,16H,7-10,12H2,1-3H3. The van der Waals surface area contributed by atoms with Crippen LogP contribution in [0.5, 0.6) is 5.75 Å². The van der Waals surface area contributed by atoms with Gasteiger partial charge in [0.1, 0.15) is 5.75 Å². The van der Waals surface area contributed by atoms with Crippen molar-refractivity contribution in [3.63, 3.8) is 0 Å². The van der Waals surface area contributed by atoms with Crippen LogP contribution in [0.3, 0.4) is 0 Å². The first-order valence-electron chi connectivity index (χ1n) is 6.63. The Bertz CT molecular complexity index is 326. The van der Waals surface area contributed by atoms with Crippen LogP contribution in [-0.4, -0.2) is 26.9 Å². The molecular formula is C15H25NO2. The maximum atomic E-state index is 5.54. The summed E-state index contributed by atoms with van der Waals surface area (Å²) in [5.74, 6) is 1.62.